The Balaban J connectivity index is 2.13. The minimum atomic E-state index is -3.87. The monoisotopic (exact) mass is 617 g/mol. The molecule has 0 heterocycles. The van der Waals surface area contributed by atoms with Gasteiger partial charge in [0.15, 0.2) is 0 Å². The molecule has 3 rings (SSSR count). The standard InChI is InChI=1S/C31H37Cl2N3O4S/c1-6-22(3)34-31(38)29(18-24-13-8-7-9-14-24)35(19-25-26(32)15-11-16-27(25)33)30(37)20-36(41(5,39)40)28-17-10-12-21(2)23(28)4/h7-17,22,29H,6,18-20H2,1-5H3,(H,34,38)/t22-,29-/m1/s1. The van der Waals surface area contributed by atoms with Crippen LogP contribution in [0.2, 0.25) is 10.0 Å². The molecule has 41 heavy (non-hydrogen) atoms. The zero-order valence-electron chi connectivity index (χ0n) is 24.0. The van der Waals surface area contributed by atoms with E-state index >= 15 is 0 Å². The molecule has 0 bridgehead atoms. The summed E-state index contributed by atoms with van der Waals surface area (Å²) in [5, 5.41) is 3.68. The first-order valence-electron chi connectivity index (χ1n) is 13.4. The summed E-state index contributed by atoms with van der Waals surface area (Å²) in [6, 6.07) is 18.6. The normalized spacial score (nSPS) is 12.9. The third-order valence-electron chi connectivity index (χ3n) is 7.19. The summed E-state index contributed by atoms with van der Waals surface area (Å²) < 4.78 is 27.2. The Morgan fingerprint density at radius 2 is 1.54 bits per heavy atom. The lowest BCUT2D eigenvalue weighted by Gasteiger charge is -2.34. The SMILES string of the molecule is CC[C@@H](C)NC(=O)[C@@H](Cc1ccccc1)N(Cc1c(Cl)cccc1Cl)C(=O)CN(c1cccc(C)c1C)S(C)(=O)=O. The number of nitrogens with one attached hydrogen (secondary N) is 1. The quantitative estimate of drug-likeness (QED) is 0.273. The van der Waals surface area contributed by atoms with Gasteiger partial charge in [-0.3, -0.25) is 13.9 Å². The van der Waals surface area contributed by atoms with E-state index in [2.05, 4.69) is 5.32 Å². The van der Waals surface area contributed by atoms with Crippen molar-refractivity contribution in [3.63, 3.8) is 0 Å². The molecule has 0 fully saturated rings. The van der Waals surface area contributed by atoms with Crippen molar-refractivity contribution in [2.75, 3.05) is 17.1 Å². The van der Waals surface area contributed by atoms with Crippen molar-refractivity contribution in [1.29, 1.82) is 0 Å². The summed E-state index contributed by atoms with van der Waals surface area (Å²) in [6.45, 7) is 6.94. The van der Waals surface area contributed by atoms with Gasteiger partial charge in [0, 0.05) is 34.6 Å². The summed E-state index contributed by atoms with van der Waals surface area (Å²) in [4.78, 5) is 29.4. The highest BCUT2D eigenvalue weighted by Gasteiger charge is 2.34. The van der Waals surface area contributed by atoms with Crippen LogP contribution < -0.4 is 9.62 Å². The summed E-state index contributed by atoms with van der Waals surface area (Å²) in [6.07, 6.45) is 1.97. The van der Waals surface area contributed by atoms with Crippen molar-refractivity contribution in [2.45, 2.75) is 59.2 Å². The number of amides is 2. The van der Waals surface area contributed by atoms with Gasteiger partial charge in [0.05, 0.1) is 11.9 Å². The number of rotatable bonds is 12. The lowest BCUT2D eigenvalue weighted by Crippen LogP contribution is -2.54. The van der Waals surface area contributed by atoms with Crippen molar-refractivity contribution in [2.24, 2.45) is 0 Å². The number of aryl methyl sites for hydroxylation is 1. The highest BCUT2D eigenvalue weighted by atomic mass is 35.5. The van der Waals surface area contributed by atoms with Gasteiger partial charge in [-0.15, -0.1) is 0 Å². The molecular formula is C31H37Cl2N3O4S. The zero-order valence-corrected chi connectivity index (χ0v) is 26.4. The van der Waals surface area contributed by atoms with E-state index in [-0.39, 0.29) is 24.9 Å². The molecule has 2 amide bonds. The number of nitrogens with zero attached hydrogens (tertiary/aromatic N) is 2. The van der Waals surface area contributed by atoms with Gasteiger partial charge in [-0.2, -0.15) is 0 Å². The molecule has 0 aliphatic rings. The predicted octanol–water partition coefficient (Wildman–Crippen LogP) is 5.93. The molecule has 7 nitrogen and oxygen atoms in total. The van der Waals surface area contributed by atoms with Crippen LogP contribution in [0, 0.1) is 13.8 Å². The molecule has 2 atom stereocenters. The molecule has 0 spiro atoms. The van der Waals surface area contributed by atoms with E-state index in [1.165, 1.54) is 4.90 Å². The van der Waals surface area contributed by atoms with Crippen LogP contribution >= 0.6 is 23.2 Å². The third kappa shape index (κ3) is 8.47. The fraction of sp³-hybridized carbons (Fsp3) is 0.355. The number of carbonyl (C=O) groups excluding carboxylic acids is 2. The molecule has 0 aliphatic heterocycles. The zero-order chi connectivity index (χ0) is 30.3. The molecule has 0 saturated carbocycles. The van der Waals surface area contributed by atoms with Crippen molar-refractivity contribution < 1.29 is 18.0 Å². The van der Waals surface area contributed by atoms with E-state index in [4.69, 9.17) is 23.2 Å². The molecule has 220 valence electrons. The second kappa shape index (κ2) is 14.2. The van der Waals surface area contributed by atoms with Gasteiger partial charge < -0.3 is 10.2 Å². The maximum absolute atomic E-state index is 14.2. The van der Waals surface area contributed by atoms with Crippen LogP contribution in [0.25, 0.3) is 0 Å². The molecule has 0 aromatic heterocycles. The largest absolute Gasteiger partial charge is 0.352 e. The Hall–Kier alpha value is -3.07. The number of benzene rings is 3. The lowest BCUT2D eigenvalue weighted by atomic mass is 10.0. The minimum Gasteiger partial charge on any atom is -0.352 e. The first-order valence-corrected chi connectivity index (χ1v) is 16.0. The summed E-state index contributed by atoms with van der Waals surface area (Å²) in [5.74, 6) is -0.912. The fourth-order valence-electron chi connectivity index (χ4n) is 4.45. The van der Waals surface area contributed by atoms with Crippen LogP contribution in [0.4, 0.5) is 5.69 Å². The number of carbonyl (C=O) groups is 2. The molecule has 10 heteroatoms. The van der Waals surface area contributed by atoms with E-state index in [1.807, 2.05) is 64.1 Å². The van der Waals surface area contributed by atoms with Crippen molar-refractivity contribution in [3.05, 3.63) is 99.0 Å². The minimum absolute atomic E-state index is 0.0901. The summed E-state index contributed by atoms with van der Waals surface area (Å²) in [7, 11) is -3.87. The Morgan fingerprint density at radius 1 is 0.927 bits per heavy atom. The van der Waals surface area contributed by atoms with Gasteiger partial charge >= 0.3 is 0 Å². The maximum atomic E-state index is 14.2. The molecular weight excluding hydrogens is 581 g/mol. The molecule has 3 aromatic rings. The van der Waals surface area contributed by atoms with Gasteiger partial charge in [0.25, 0.3) is 0 Å². The van der Waals surface area contributed by atoms with Crippen LogP contribution in [0.15, 0.2) is 66.7 Å². The number of anilines is 1. The molecule has 0 unspecified atom stereocenters. The van der Waals surface area contributed by atoms with Gasteiger partial charge in [0.2, 0.25) is 21.8 Å². The first kappa shape index (κ1) is 32.4. The predicted molar refractivity (Wildman–Crippen MR) is 167 cm³/mol. The number of hydrogen-bond donors (Lipinski definition) is 1. The van der Waals surface area contributed by atoms with Crippen LogP contribution in [-0.2, 0) is 32.6 Å². The Bertz CT molecular complexity index is 1460. The van der Waals surface area contributed by atoms with Gasteiger partial charge in [-0.1, -0.05) is 78.7 Å². The number of halogens is 2. The van der Waals surface area contributed by atoms with Crippen molar-refractivity contribution >= 4 is 50.7 Å². The highest BCUT2D eigenvalue weighted by Crippen LogP contribution is 2.29. The van der Waals surface area contributed by atoms with E-state index in [0.717, 1.165) is 27.3 Å². The van der Waals surface area contributed by atoms with Crippen molar-refractivity contribution in [1.82, 2.24) is 10.2 Å². The van der Waals surface area contributed by atoms with Gasteiger partial charge in [-0.25, -0.2) is 8.42 Å². The average Bonchev–Trinajstić information content (AvgIpc) is 2.92. The van der Waals surface area contributed by atoms with E-state index in [9.17, 15) is 18.0 Å². The van der Waals surface area contributed by atoms with Crippen molar-refractivity contribution in [3.8, 4) is 0 Å². The Kier molecular flexibility index (Phi) is 11.2. The Labute approximate surface area is 253 Å². The molecule has 0 aliphatic carbocycles. The third-order valence-corrected chi connectivity index (χ3v) is 9.02. The Morgan fingerprint density at radius 3 is 2.12 bits per heavy atom. The van der Waals surface area contributed by atoms with Crippen LogP contribution in [0.5, 0.6) is 0 Å². The number of hydrogen-bond acceptors (Lipinski definition) is 4. The lowest BCUT2D eigenvalue weighted by molar-refractivity contribution is -0.140. The van der Waals surface area contributed by atoms with E-state index in [0.29, 0.717) is 27.7 Å². The van der Waals surface area contributed by atoms with Gasteiger partial charge in [0.1, 0.15) is 12.6 Å². The second-order valence-electron chi connectivity index (χ2n) is 10.2. The van der Waals surface area contributed by atoms with Crippen LogP contribution in [-0.4, -0.2) is 50.0 Å². The molecule has 0 radical (unpaired) electrons. The summed E-state index contributed by atoms with van der Waals surface area (Å²) in [5.41, 5.74) is 3.34. The van der Waals surface area contributed by atoms with Crippen LogP contribution in [0.3, 0.4) is 0 Å². The smallest absolute Gasteiger partial charge is 0.244 e. The molecule has 0 saturated heterocycles. The molecule has 3 aromatic carbocycles. The average molecular weight is 619 g/mol. The van der Waals surface area contributed by atoms with Crippen LogP contribution in [0.1, 0.15) is 42.5 Å². The van der Waals surface area contributed by atoms with Gasteiger partial charge in [-0.05, 0) is 62.1 Å². The van der Waals surface area contributed by atoms with E-state index in [1.54, 1.807) is 30.3 Å². The topological polar surface area (TPSA) is 86.8 Å². The highest BCUT2D eigenvalue weighted by molar-refractivity contribution is 7.92. The van der Waals surface area contributed by atoms with E-state index < -0.39 is 28.5 Å². The fourth-order valence-corrected chi connectivity index (χ4v) is 5.87. The first-order chi connectivity index (χ1) is 19.3. The maximum Gasteiger partial charge on any atom is 0.244 e. The molecule has 1 N–H and O–H groups in total. The number of sulfonamides is 1. The second-order valence-corrected chi connectivity index (χ2v) is 13.0. The summed E-state index contributed by atoms with van der Waals surface area (Å²) >= 11 is 13.0.